The molecule has 0 spiro atoms. The third-order valence-corrected chi connectivity index (χ3v) is 3.92. The molecule has 116 valence electrons. The second-order valence-electron chi connectivity index (χ2n) is 4.40. The predicted molar refractivity (Wildman–Crippen MR) is 80.2 cm³/mol. The quantitative estimate of drug-likeness (QED) is 0.356. The number of benzene rings is 1. The fourth-order valence-corrected chi connectivity index (χ4v) is 2.36. The van der Waals surface area contributed by atoms with Crippen LogP contribution in [-0.4, -0.2) is 36.4 Å². The molecule has 1 aromatic rings. The Kier molecular flexibility index (Phi) is 5.79. The summed E-state index contributed by atoms with van der Waals surface area (Å²) >= 11 is 0. The van der Waals surface area contributed by atoms with Gasteiger partial charge in [0, 0.05) is 25.4 Å². The van der Waals surface area contributed by atoms with E-state index in [1.807, 2.05) is 0 Å². The molecule has 0 aliphatic carbocycles. The first-order valence-corrected chi connectivity index (χ1v) is 7.74. The van der Waals surface area contributed by atoms with E-state index in [1.54, 1.807) is 14.0 Å². The maximum absolute atomic E-state index is 11.2. The van der Waals surface area contributed by atoms with E-state index in [1.165, 1.54) is 29.3 Å². The van der Waals surface area contributed by atoms with Crippen LogP contribution in [-0.2, 0) is 10.1 Å². The summed E-state index contributed by atoms with van der Waals surface area (Å²) in [5.74, 6) is 0. The Morgan fingerprint density at radius 1 is 1.43 bits per heavy atom. The van der Waals surface area contributed by atoms with E-state index in [0.717, 1.165) is 6.21 Å². The van der Waals surface area contributed by atoms with Gasteiger partial charge in [-0.1, -0.05) is 13.3 Å². The Hall–Kier alpha value is -2.00. The number of hydrogen-bond acceptors (Lipinski definition) is 6. The average Bonchev–Trinajstić information content (AvgIpc) is 2.42. The van der Waals surface area contributed by atoms with Crippen molar-refractivity contribution >= 4 is 27.7 Å². The fourth-order valence-electron chi connectivity index (χ4n) is 1.62. The molecule has 1 N–H and O–H groups in total. The molecule has 0 saturated heterocycles. The van der Waals surface area contributed by atoms with Crippen molar-refractivity contribution in [2.24, 2.45) is 5.10 Å². The number of hydrazone groups is 1. The van der Waals surface area contributed by atoms with Gasteiger partial charge >= 0.3 is 0 Å². The second-order valence-corrected chi connectivity index (χ2v) is 6.04. The number of anilines is 1. The minimum atomic E-state index is -4.19. The molecule has 0 saturated carbocycles. The van der Waals surface area contributed by atoms with Gasteiger partial charge in [-0.2, -0.15) is 13.5 Å². The van der Waals surface area contributed by atoms with Gasteiger partial charge in [0.15, 0.2) is 0 Å². The molecular formula is C12H17N3O5S. The molecule has 9 heteroatoms. The van der Waals surface area contributed by atoms with Gasteiger partial charge < -0.3 is 0 Å². The molecule has 0 aliphatic rings. The Bertz CT molecular complexity index is 612. The highest BCUT2D eigenvalue weighted by molar-refractivity contribution is 7.87. The molecular weight excluding hydrogens is 298 g/mol. The van der Waals surface area contributed by atoms with Crippen LogP contribution < -0.4 is 5.01 Å². The summed E-state index contributed by atoms with van der Waals surface area (Å²) in [6, 6.07) is 5.65. The lowest BCUT2D eigenvalue weighted by atomic mass is 10.2. The lowest BCUT2D eigenvalue weighted by Crippen LogP contribution is -2.23. The third-order valence-electron chi connectivity index (χ3n) is 2.80. The standard InChI is InChI=1S/C12H17N3O5S/c1-3-4-12(21(18,19)20)9-13-14(2)10-5-7-11(8-6-10)15(16)17/h5-9,12H,3-4H2,1-2H3,(H,18,19,20). The molecule has 21 heavy (non-hydrogen) atoms. The zero-order chi connectivity index (χ0) is 16.0. The monoisotopic (exact) mass is 315 g/mol. The van der Waals surface area contributed by atoms with Crippen molar-refractivity contribution in [1.82, 2.24) is 0 Å². The molecule has 0 fully saturated rings. The van der Waals surface area contributed by atoms with Crippen LogP contribution in [0.15, 0.2) is 29.4 Å². The van der Waals surface area contributed by atoms with Gasteiger partial charge in [0.25, 0.3) is 15.8 Å². The molecule has 1 aromatic carbocycles. The smallest absolute Gasteiger partial charge is 0.273 e. The normalized spacial score (nSPS) is 13.3. The van der Waals surface area contributed by atoms with Crippen LogP contribution in [0.4, 0.5) is 11.4 Å². The Morgan fingerprint density at radius 2 is 2.00 bits per heavy atom. The molecule has 8 nitrogen and oxygen atoms in total. The second kappa shape index (κ2) is 7.14. The minimum absolute atomic E-state index is 0.0436. The average molecular weight is 315 g/mol. The van der Waals surface area contributed by atoms with Gasteiger partial charge in [0.2, 0.25) is 0 Å². The number of hydrogen-bond donors (Lipinski definition) is 1. The van der Waals surface area contributed by atoms with Crippen LogP contribution in [0.2, 0.25) is 0 Å². The summed E-state index contributed by atoms with van der Waals surface area (Å²) in [5.41, 5.74) is 0.514. The number of rotatable bonds is 7. The summed E-state index contributed by atoms with van der Waals surface area (Å²) in [7, 11) is -2.61. The first-order chi connectivity index (χ1) is 9.75. The highest BCUT2D eigenvalue weighted by Crippen LogP contribution is 2.18. The van der Waals surface area contributed by atoms with Crippen molar-refractivity contribution in [1.29, 1.82) is 0 Å². The number of nitrogens with zero attached hydrogens (tertiary/aromatic N) is 3. The minimum Gasteiger partial charge on any atom is -0.285 e. The van der Waals surface area contributed by atoms with E-state index < -0.39 is 20.3 Å². The van der Waals surface area contributed by atoms with Gasteiger partial charge in [-0.05, 0) is 18.6 Å². The molecule has 0 aromatic heterocycles. The van der Waals surface area contributed by atoms with Gasteiger partial charge in [0.05, 0.1) is 10.6 Å². The predicted octanol–water partition coefficient (Wildman–Crippen LogP) is 2.07. The maximum atomic E-state index is 11.2. The summed E-state index contributed by atoms with van der Waals surface area (Å²) in [4.78, 5) is 10.0. The zero-order valence-corrected chi connectivity index (χ0v) is 12.5. The van der Waals surface area contributed by atoms with Crippen molar-refractivity contribution < 1.29 is 17.9 Å². The molecule has 1 unspecified atom stereocenters. The molecule has 1 rings (SSSR count). The fraction of sp³-hybridized carbons (Fsp3) is 0.417. The maximum Gasteiger partial charge on any atom is 0.273 e. The Morgan fingerprint density at radius 3 is 2.43 bits per heavy atom. The Labute approximate surface area is 123 Å². The summed E-state index contributed by atoms with van der Waals surface area (Å²) in [6.07, 6.45) is 1.99. The summed E-state index contributed by atoms with van der Waals surface area (Å²) in [6.45, 7) is 1.80. The highest BCUT2D eigenvalue weighted by Gasteiger charge is 2.20. The number of non-ortho nitro benzene ring substituents is 1. The van der Waals surface area contributed by atoms with E-state index in [4.69, 9.17) is 4.55 Å². The van der Waals surface area contributed by atoms with Crippen LogP contribution >= 0.6 is 0 Å². The van der Waals surface area contributed by atoms with Gasteiger partial charge in [-0.3, -0.25) is 19.7 Å². The first kappa shape index (κ1) is 17.1. The van der Waals surface area contributed by atoms with Crippen molar-refractivity contribution in [2.75, 3.05) is 12.1 Å². The number of nitro benzene ring substituents is 1. The largest absolute Gasteiger partial charge is 0.285 e. The van der Waals surface area contributed by atoms with Gasteiger partial charge in [0.1, 0.15) is 5.25 Å². The lowest BCUT2D eigenvalue weighted by Gasteiger charge is -2.14. The van der Waals surface area contributed by atoms with Crippen LogP contribution in [0.25, 0.3) is 0 Å². The molecule has 0 radical (unpaired) electrons. The Balaban J connectivity index is 2.85. The van der Waals surface area contributed by atoms with E-state index in [-0.39, 0.29) is 12.1 Å². The summed E-state index contributed by atoms with van der Waals surface area (Å²) in [5, 5.41) is 14.8. The number of nitro groups is 1. The van der Waals surface area contributed by atoms with E-state index >= 15 is 0 Å². The first-order valence-electron chi connectivity index (χ1n) is 6.24. The molecule has 0 bridgehead atoms. The topological polar surface area (TPSA) is 113 Å². The highest BCUT2D eigenvalue weighted by atomic mass is 32.2. The van der Waals surface area contributed by atoms with Crippen LogP contribution in [0.1, 0.15) is 19.8 Å². The van der Waals surface area contributed by atoms with Crippen molar-refractivity contribution in [3.05, 3.63) is 34.4 Å². The SMILES string of the molecule is CCCC(C=NN(C)c1ccc([N+](=O)[O-])cc1)S(=O)(=O)O. The van der Waals surface area contributed by atoms with Crippen molar-refractivity contribution in [3.8, 4) is 0 Å². The van der Waals surface area contributed by atoms with Crippen LogP contribution in [0, 0.1) is 10.1 Å². The van der Waals surface area contributed by atoms with E-state index in [2.05, 4.69) is 5.10 Å². The van der Waals surface area contributed by atoms with Crippen LogP contribution in [0.3, 0.4) is 0 Å². The third kappa shape index (κ3) is 5.12. The van der Waals surface area contributed by atoms with E-state index in [0.29, 0.717) is 12.1 Å². The van der Waals surface area contributed by atoms with Crippen molar-refractivity contribution in [2.45, 2.75) is 25.0 Å². The zero-order valence-electron chi connectivity index (χ0n) is 11.7. The van der Waals surface area contributed by atoms with Gasteiger partial charge in [-0.25, -0.2) is 0 Å². The van der Waals surface area contributed by atoms with Gasteiger partial charge in [-0.15, -0.1) is 0 Å². The lowest BCUT2D eigenvalue weighted by molar-refractivity contribution is -0.384. The molecule has 0 amide bonds. The summed E-state index contributed by atoms with van der Waals surface area (Å²) < 4.78 is 31.4. The van der Waals surface area contributed by atoms with Crippen LogP contribution in [0.5, 0.6) is 0 Å². The van der Waals surface area contributed by atoms with Crippen molar-refractivity contribution in [3.63, 3.8) is 0 Å². The molecule has 0 heterocycles. The molecule has 0 aliphatic heterocycles. The van der Waals surface area contributed by atoms with E-state index in [9.17, 15) is 18.5 Å². The molecule has 1 atom stereocenters.